The Morgan fingerprint density at radius 3 is 2.69 bits per heavy atom. The summed E-state index contributed by atoms with van der Waals surface area (Å²) < 4.78 is 7.65. The summed E-state index contributed by atoms with van der Waals surface area (Å²) in [4.78, 5) is 4.45. The Balaban J connectivity index is 0.00000420. The second-order valence-electron chi connectivity index (χ2n) is 6.93. The number of nitrogens with zero attached hydrogens (tertiary/aromatic N) is 3. The lowest BCUT2D eigenvalue weighted by Gasteiger charge is -2.14. The average molecular weight is 515 g/mol. The predicted octanol–water partition coefficient (Wildman–Crippen LogP) is 2.81. The number of aliphatic hydroxyl groups excluding tert-OH is 1. The Morgan fingerprint density at radius 1 is 1.24 bits per heavy atom. The van der Waals surface area contributed by atoms with Crippen molar-refractivity contribution in [3.8, 4) is 5.75 Å². The molecule has 0 amide bonds. The van der Waals surface area contributed by atoms with Crippen LogP contribution in [0.2, 0.25) is 0 Å². The molecule has 1 heterocycles. The van der Waals surface area contributed by atoms with Crippen molar-refractivity contribution in [3.63, 3.8) is 0 Å². The van der Waals surface area contributed by atoms with E-state index >= 15 is 0 Å². The molecule has 0 aliphatic heterocycles. The second-order valence-corrected chi connectivity index (χ2v) is 6.93. The standard InChI is InChI=1S/C21H33N5O2.HI/c1-5-22-21(23-10-7-11-26-18(4)13-17(3)25-26)24-14-19(27)15-28-20-9-6-8-16(2)12-20;/h6,8-9,12-13,19,27H,5,7,10-11,14-15H2,1-4H3,(H2,22,23,24);1H. The first-order valence-corrected chi connectivity index (χ1v) is 9.88. The number of ether oxygens (including phenoxy) is 1. The van der Waals surface area contributed by atoms with E-state index in [1.165, 1.54) is 5.69 Å². The molecule has 0 fully saturated rings. The maximum absolute atomic E-state index is 10.2. The van der Waals surface area contributed by atoms with E-state index in [-0.39, 0.29) is 37.1 Å². The van der Waals surface area contributed by atoms with Crippen LogP contribution in [0.25, 0.3) is 0 Å². The molecule has 1 aromatic carbocycles. The highest BCUT2D eigenvalue weighted by atomic mass is 127. The smallest absolute Gasteiger partial charge is 0.191 e. The first-order valence-electron chi connectivity index (χ1n) is 9.88. The summed E-state index contributed by atoms with van der Waals surface area (Å²) in [6, 6.07) is 9.87. The molecule has 2 rings (SSSR count). The maximum atomic E-state index is 10.2. The van der Waals surface area contributed by atoms with E-state index in [1.54, 1.807) is 0 Å². The van der Waals surface area contributed by atoms with Gasteiger partial charge in [-0.05, 0) is 57.9 Å². The first-order chi connectivity index (χ1) is 13.5. The second kappa shape index (κ2) is 13.4. The summed E-state index contributed by atoms with van der Waals surface area (Å²) in [7, 11) is 0. The van der Waals surface area contributed by atoms with Crippen molar-refractivity contribution < 1.29 is 9.84 Å². The number of nitrogens with one attached hydrogen (secondary N) is 2. The Kier molecular flexibility index (Phi) is 11.7. The summed E-state index contributed by atoms with van der Waals surface area (Å²) in [5.74, 6) is 1.46. The van der Waals surface area contributed by atoms with Crippen molar-refractivity contribution in [3.05, 3.63) is 47.3 Å². The summed E-state index contributed by atoms with van der Waals surface area (Å²) in [5.41, 5.74) is 3.35. The Morgan fingerprint density at radius 2 is 2.03 bits per heavy atom. The van der Waals surface area contributed by atoms with Gasteiger partial charge in [0.1, 0.15) is 18.5 Å². The number of halogens is 1. The lowest BCUT2D eigenvalue weighted by Crippen LogP contribution is -2.39. The lowest BCUT2D eigenvalue weighted by molar-refractivity contribution is 0.114. The van der Waals surface area contributed by atoms with Gasteiger partial charge in [0.25, 0.3) is 0 Å². The van der Waals surface area contributed by atoms with Crippen LogP contribution in [0.5, 0.6) is 5.75 Å². The molecule has 1 aromatic heterocycles. The molecule has 1 unspecified atom stereocenters. The average Bonchev–Trinajstić information content (AvgIpc) is 2.98. The predicted molar refractivity (Wildman–Crippen MR) is 128 cm³/mol. The van der Waals surface area contributed by atoms with Gasteiger partial charge in [0, 0.05) is 25.3 Å². The zero-order valence-corrected chi connectivity index (χ0v) is 20.1. The molecule has 0 bridgehead atoms. The van der Waals surface area contributed by atoms with Crippen LogP contribution >= 0.6 is 24.0 Å². The van der Waals surface area contributed by atoms with Crippen molar-refractivity contribution >= 4 is 29.9 Å². The Bertz CT molecular complexity index is 763. The quantitative estimate of drug-likeness (QED) is 0.196. The monoisotopic (exact) mass is 515 g/mol. The van der Waals surface area contributed by atoms with Gasteiger partial charge in [0.15, 0.2) is 5.96 Å². The molecule has 0 aliphatic carbocycles. The SMILES string of the molecule is CCNC(=NCC(O)COc1cccc(C)c1)NCCCn1nc(C)cc1C.I. The highest BCUT2D eigenvalue weighted by molar-refractivity contribution is 14.0. The molecule has 0 spiro atoms. The molecule has 7 nitrogen and oxygen atoms in total. The van der Waals surface area contributed by atoms with Crippen molar-refractivity contribution in [1.29, 1.82) is 0 Å². The third kappa shape index (κ3) is 9.49. The lowest BCUT2D eigenvalue weighted by atomic mass is 10.2. The topological polar surface area (TPSA) is 83.7 Å². The molecule has 2 aromatic rings. The molecule has 0 radical (unpaired) electrons. The van der Waals surface area contributed by atoms with Crippen molar-refractivity contribution in [2.45, 2.75) is 46.8 Å². The van der Waals surface area contributed by atoms with Crippen molar-refractivity contribution in [1.82, 2.24) is 20.4 Å². The third-order valence-electron chi connectivity index (χ3n) is 4.18. The maximum Gasteiger partial charge on any atom is 0.191 e. The molecule has 29 heavy (non-hydrogen) atoms. The van der Waals surface area contributed by atoms with E-state index in [2.05, 4.69) is 33.7 Å². The zero-order chi connectivity index (χ0) is 20.4. The summed E-state index contributed by atoms with van der Waals surface area (Å²) in [6.07, 6.45) is 0.274. The normalized spacial score (nSPS) is 12.2. The summed E-state index contributed by atoms with van der Waals surface area (Å²) >= 11 is 0. The first kappa shape index (κ1) is 25.2. The van der Waals surface area contributed by atoms with Crippen LogP contribution in [0, 0.1) is 20.8 Å². The Labute approximate surface area is 191 Å². The number of rotatable bonds is 10. The van der Waals surface area contributed by atoms with Gasteiger partial charge in [0.05, 0.1) is 12.2 Å². The number of guanidine groups is 1. The van der Waals surface area contributed by atoms with Gasteiger partial charge >= 0.3 is 0 Å². The van der Waals surface area contributed by atoms with Crippen LogP contribution in [0.3, 0.4) is 0 Å². The minimum atomic E-state index is -0.661. The van der Waals surface area contributed by atoms with Crippen LogP contribution in [-0.2, 0) is 6.54 Å². The summed E-state index contributed by atoms with van der Waals surface area (Å²) in [6.45, 7) is 11.0. The van der Waals surface area contributed by atoms with E-state index in [4.69, 9.17) is 4.74 Å². The fraction of sp³-hybridized carbons (Fsp3) is 0.524. The van der Waals surface area contributed by atoms with Crippen molar-refractivity contribution in [2.24, 2.45) is 4.99 Å². The fourth-order valence-corrected chi connectivity index (χ4v) is 2.83. The molecule has 0 aliphatic rings. The number of aliphatic imine (C=N–C) groups is 1. The fourth-order valence-electron chi connectivity index (χ4n) is 2.83. The van der Waals surface area contributed by atoms with Crippen LogP contribution in [0.4, 0.5) is 0 Å². The van der Waals surface area contributed by atoms with Gasteiger partial charge in [-0.15, -0.1) is 24.0 Å². The molecule has 162 valence electrons. The molecule has 1 atom stereocenters. The highest BCUT2D eigenvalue weighted by Gasteiger charge is 2.06. The number of aryl methyl sites for hydroxylation is 4. The molecule has 8 heteroatoms. The van der Waals surface area contributed by atoms with Crippen LogP contribution in [0.1, 0.15) is 30.3 Å². The van der Waals surface area contributed by atoms with Gasteiger partial charge in [-0.3, -0.25) is 9.67 Å². The zero-order valence-electron chi connectivity index (χ0n) is 17.8. The van der Waals surface area contributed by atoms with Crippen LogP contribution < -0.4 is 15.4 Å². The number of benzene rings is 1. The van der Waals surface area contributed by atoms with Crippen LogP contribution in [-0.4, -0.2) is 53.2 Å². The van der Waals surface area contributed by atoms with Crippen LogP contribution in [0.15, 0.2) is 35.3 Å². The van der Waals surface area contributed by atoms with Crippen molar-refractivity contribution in [2.75, 3.05) is 26.2 Å². The van der Waals surface area contributed by atoms with E-state index in [1.807, 2.05) is 49.7 Å². The third-order valence-corrected chi connectivity index (χ3v) is 4.18. The number of aliphatic hydroxyl groups is 1. The molecule has 3 N–H and O–H groups in total. The molecular weight excluding hydrogens is 481 g/mol. The Hall–Kier alpha value is -1.81. The number of aromatic nitrogens is 2. The van der Waals surface area contributed by atoms with E-state index in [0.29, 0.717) is 5.96 Å². The molecular formula is C21H34IN5O2. The highest BCUT2D eigenvalue weighted by Crippen LogP contribution is 2.12. The minimum Gasteiger partial charge on any atom is -0.491 e. The van der Waals surface area contributed by atoms with Gasteiger partial charge in [-0.1, -0.05) is 12.1 Å². The number of hydrogen-bond donors (Lipinski definition) is 3. The largest absolute Gasteiger partial charge is 0.491 e. The van der Waals surface area contributed by atoms with Gasteiger partial charge < -0.3 is 20.5 Å². The van der Waals surface area contributed by atoms with Gasteiger partial charge in [0.2, 0.25) is 0 Å². The van der Waals surface area contributed by atoms with E-state index < -0.39 is 6.10 Å². The number of hydrogen-bond acceptors (Lipinski definition) is 4. The molecule has 0 saturated heterocycles. The minimum absolute atomic E-state index is 0. The van der Waals surface area contributed by atoms with Gasteiger partial charge in [-0.2, -0.15) is 5.10 Å². The van der Waals surface area contributed by atoms with E-state index in [0.717, 1.165) is 43.1 Å². The summed E-state index contributed by atoms with van der Waals surface area (Å²) in [5, 5.41) is 21.1. The van der Waals surface area contributed by atoms with E-state index in [9.17, 15) is 5.11 Å². The van der Waals surface area contributed by atoms with Gasteiger partial charge in [-0.25, -0.2) is 0 Å². The molecule has 0 saturated carbocycles.